The third-order valence-corrected chi connectivity index (χ3v) is 3.16. The van der Waals surface area contributed by atoms with Crippen molar-refractivity contribution in [1.29, 1.82) is 0 Å². The van der Waals surface area contributed by atoms with Gasteiger partial charge in [0, 0.05) is 22.7 Å². The van der Waals surface area contributed by atoms with Gasteiger partial charge < -0.3 is 10.4 Å². The summed E-state index contributed by atoms with van der Waals surface area (Å²) in [7, 11) is 0. The van der Waals surface area contributed by atoms with Crippen LogP contribution in [0.25, 0.3) is 0 Å². The largest absolute Gasteiger partial charge is 0.394 e. The predicted molar refractivity (Wildman–Crippen MR) is 59.6 cm³/mol. The highest BCUT2D eigenvalue weighted by Gasteiger charge is 2.20. The van der Waals surface area contributed by atoms with Crippen molar-refractivity contribution in [2.24, 2.45) is 0 Å². The topological polar surface area (TPSA) is 45.2 Å². The number of aliphatic hydroxyl groups is 1. The van der Waals surface area contributed by atoms with Gasteiger partial charge in [0.05, 0.1) is 11.6 Å². The zero-order chi connectivity index (χ0) is 10.8. The number of aryl methyl sites for hydroxylation is 1. The van der Waals surface area contributed by atoms with E-state index >= 15 is 0 Å². The first-order chi connectivity index (χ1) is 6.44. The minimum atomic E-state index is -0.239. The minimum absolute atomic E-state index is 0.134. The molecule has 2 N–H and O–H groups in total. The molecule has 1 unspecified atom stereocenters. The Morgan fingerprint density at radius 3 is 2.71 bits per heavy atom. The van der Waals surface area contributed by atoms with Gasteiger partial charge in [0.2, 0.25) is 0 Å². The second kappa shape index (κ2) is 4.38. The van der Waals surface area contributed by atoms with Crippen LogP contribution in [-0.2, 0) is 0 Å². The van der Waals surface area contributed by atoms with Gasteiger partial charge >= 0.3 is 0 Å². The quantitative estimate of drug-likeness (QED) is 0.804. The van der Waals surface area contributed by atoms with E-state index in [-0.39, 0.29) is 18.2 Å². The van der Waals surface area contributed by atoms with Crippen molar-refractivity contribution in [3.05, 3.63) is 16.1 Å². The molecule has 0 saturated heterocycles. The van der Waals surface area contributed by atoms with Crippen LogP contribution in [0.2, 0.25) is 0 Å². The summed E-state index contributed by atoms with van der Waals surface area (Å²) in [5.41, 5.74) is -0.239. The van der Waals surface area contributed by atoms with Crippen molar-refractivity contribution in [3.63, 3.8) is 0 Å². The number of nitrogens with zero attached hydrogens (tertiary/aromatic N) is 1. The molecule has 0 bridgehead atoms. The first kappa shape index (κ1) is 11.6. The van der Waals surface area contributed by atoms with Crippen LogP contribution in [-0.4, -0.2) is 22.2 Å². The second-order valence-electron chi connectivity index (χ2n) is 4.19. The van der Waals surface area contributed by atoms with Gasteiger partial charge in [-0.25, -0.2) is 4.98 Å². The Hall–Kier alpha value is -0.450. The molecule has 0 radical (unpaired) electrons. The summed E-state index contributed by atoms with van der Waals surface area (Å²) < 4.78 is 0. The lowest BCUT2D eigenvalue weighted by Crippen LogP contribution is -2.43. The lowest BCUT2D eigenvalue weighted by Gasteiger charge is -2.27. The number of hydrogen-bond donors (Lipinski definition) is 2. The van der Waals surface area contributed by atoms with E-state index in [0.717, 1.165) is 5.01 Å². The molecule has 1 heterocycles. The highest BCUT2D eigenvalue weighted by molar-refractivity contribution is 7.11. The molecule has 0 amide bonds. The van der Waals surface area contributed by atoms with E-state index < -0.39 is 0 Å². The Labute approximate surface area is 89.2 Å². The van der Waals surface area contributed by atoms with Gasteiger partial charge in [-0.3, -0.25) is 0 Å². The Morgan fingerprint density at radius 1 is 1.64 bits per heavy atom. The molecule has 80 valence electrons. The SMILES string of the molecule is Cc1ncc(C(C)NC(C)(C)CO)s1. The van der Waals surface area contributed by atoms with E-state index in [1.807, 2.05) is 27.0 Å². The highest BCUT2D eigenvalue weighted by atomic mass is 32.1. The average molecular weight is 214 g/mol. The fourth-order valence-electron chi connectivity index (χ4n) is 1.28. The van der Waals surface area contributed by atoms with E-state index in [4.69, 9.17) is 5.11 Å². The second-order valence-corrected chi connectivity index (χ2v) is 5.46. The lowest BCUT2D eigenvalue weighted by molar-refractivity contribution is 0.178. The molecule has 1 aromatic rings. The van der Waals surface area contributed by atoms with E-state index in [9.17, 15) is 0 Å². The van der Waals surface area contributed by atoms with Crippen molar-refractivity contribution in [2.75, 3.05) is 6.61 Å². The first-order valence-corrected chi connectivity index (χ1v) is 5.57. The summed E-state index contributed by atoms with van der Waals surface area (Å²) in [4.78, 5) is 5.42. The molecule has 3 nitrogen and oxygen atoms in total. The number of aliphatic hydroxyl groups excluding tert-OH is 1. The Balaban J connectivity index is 2.63. The van der Waals surface area contributed by atoms with Crippen molar-refractivity contribution >= 4 is 11.3 Å². The van der Waals surface area contributed by atoms with Gasteiger partial charge in [0.1, 0.15) is 0 Å². The van der Waals surface area contributed by atoms with Crippen LogP contribution >= 0.6 is 11.3 Å². The number of aromatic nitrogens is 1. The van der Waals surface area contributed by atoms with Crippen molar-refractivity contribution in [2.45, 2.75) is 39.3 Å². The molecule has 4 heteroatoms. The van der Waals surface area contributed by atoms with Crippen LogP contribution in [0.5, 0.6) is 0 Å². The fraction of sp³-hybridized carbons (Fsp3) is 0.700. The predicted octanol–water partition coefficient (Wildman–Crippen LogP) is 1.87. The van der Waals surface area contributed by atoms with Crippen LogP contribution in [0.4, 0.5) is 0 Å². The number of thiazole rings is 1. The van der Waals surface area contributed by atoms with Gasteiger partial charge in [-0.2, -0.15) is 0 Å². The van der Waals surface area contributed by atoms with E-state index in [0.29, 0.717) is 0 Å². The normalized spacial score (nSPS) is 14.4. The zero-order valence-corrected chi connectivity index (χ0v) is 9.98. The molecule has 0 aliphatic rings. The molecule has 1 aromatic heterocycles. The third kappa shape index (κ3) is 3.04. The van der Waals surface area contributed by atoms with Crippen molar-refractivity contribution < 1.29 is 5.11 Å². The number of hydrogen-bond acceptors (Lipinski definition) is 4. The van der Waals surface area contributed by atoms with Gasteiger partial charge in [-0.1, -0.05) is 0 Å². The van der Waals surface area contributed by atoms with E-state index in [1.165, 1.54) is 4.88 Å². The summed E-state index contributed by atoms with van der Waals surface area (Å²) in [6.07, 6.45) is 1.89. The van der Waals surface area contributed by atoms with Crippen molar-refractivity contribution in [3.8, 4) is 0 Å². The highest BCUT2D eigenvalue weighted by Crippen LogP contribution is 2.21. The van der Waals surface area contributed by atoms with Crippen molar-refractivity contribution in [1.82, 2.24) is 10.3 Å². The van der Waals surface area contributed by atoms with Crippen LogP contribution in [0, 0.1) is 6.92 Å². The van der Waals surface area contributed by atoms with Gasteiger partial charge in [-0.15, -0.1) is 11.3 Å². The average Bonchev–Trinajstić information content (AvgIpc) is 2.51. The Kier molecular flexibility index (Phi) is 3.64. The van der Waals surface area contributed by atoms with Gasteiger partial charge in [0.15, 0.2) is 0 Å². The molecular formula is C10H18N2OS. The molecular weight excluding hydrogens is 196 g/mol. The van der Waals surface area contributed by atoms with Crippen LogP contribution in [0.15, 0.2) is 6.20 Å². The molecule has 0 aliphatic carbocycles. The smallest absolute Gasteiger partial charge is 0.0897 e. The van der Waals surface area contributed by atoms with Crippen LogP contribution < -0.4 is 5.32 Å². The van der Waals surface area contributed by atoms with Gasteiger partial charge in [0.25, 0.3) is 0 Å². The molecule has 0 spiro atoms. The molecule has 14 heavy (non-hydrogen) atoms. The molecule has 1 rings (SSSR count). The summed E-state index contributed by atoms with van der Waals surface area (Å²) in [5.74, 6) is 0. The maximum Gasteiger partial charge on any atom is 0.0897 e. The number of rotatable bonds is 4. The lowest BCUT2D eigenvalue weighted by atomic mass is 10.1. The first-order valence-electron chi connectivity index (χ1n) is 4.75. The monoisotopic (exact) mass is 214 g/mol. The zero-order valence-electron chi connectivity index (χ0n) is 9.16. The molecule has 0 saturated carbocycles. The summed E-state index contributed by atoms with van der Waals surface area (Å²) in [6, 6.07) is 0.239. The third-order valence-electron chi connectivity index (χ3n) is 2.07. The Bertz CT molecular complexity index is 296. The molecule has 1 atom stereocenters. The summed E-state index contributed by atoms with van der Waals surface area (Å²) >= 11 is 1.69. The summed E-state index contributed by atoms with van der Waals surface area (Å²) in [5, 5.41) is 13.6. The van der Waals surface area contributed by atoms with Crippen LogP contribution in [0.1, 0.15) is 36.7 Å². The van der Waals surface area contributed by atoms with Crippen LogP contribution in [0.3, 0.4) is 0 Å². The summed E-state index contributed by atoms with van der Waals surface area (Å²) in [6.45, 7) is 8.19. The fourth-order valence-corrected chi connectivity index (χ4v) is 2.07. The standard InChI is InChI=1S/C10H18N2OS/c1-7(12-10(3,4)6-13)9-5-11-8(2)14-9/h5,7,12-13H,6H2,1-4H3. The molecule has 0 aromatic carbocycles. The van der Waals surface area contributed by atoms with E-state index in [1.54, 1.807) is 11.3 Å². The molecule has 0 aliphatic heterocycles. The van der Waals surface area contributed by atoms with Gasteiger partial charge in [-0.05, 0) is 27.7 Å². The molecule has 0 fully saturated rings. The van der Waals surface area contributed by atoms with E-state index in [2.05, 4.69) is 17.2 Å². The number of nitrogens with one attached hydrogen (secondary N) is 1. The minimum Gasteiger partial charge on any atom is -0.394 e. The Morgan fingerprint density at radius 2 is 2.29 bits per heavy atom. The maximum absolute atomic E-state index is 9.12. The maximum atomic E-state index is 9.12.